The number of rotatable bonds is 4. The maximum atomic E-state index is 14.1. The van der Waals surface area contributed by atoms with Gasteiger partial charge in [-0.3, -0.25) is 4.98 Å². The highest BCUT2D eigenvalue weighted by atomic mass is 35.5. The number of halogens is 2. The molecule has 19 heavy (non-hydrogen) atoms. The molecule has 0 amide bonds. The molecule has 2 aromatic rings. The van der Waals surface area contributed by atoms with E-state index >= 15 is 0 Å². The van der Waals surface area contributed by atoms with Crippen LogP contribution in [0.4, 0.5) is 4.39 Å². The van der Waals surface area contributed by atoms with Crippen molar-refractivity contribution in [2.24, 2.45) is 0 Å². The van der Waals surface area contributed by atoms with E-state index in [1.807, 2.05) is 19.2 Å². The van der Waals surface area contributed by atoms with Gasteiger partial charge in [-0.05, 0) is 30.8 Å². The van der Waals surface area contributed by atoms with E-state index < -0.39 is 0 Å². The van der Waals surface area contributed by atoms with E-state index in [9.17, 15) is 4.39 Å². The number of nitrogens with one attached hydrogen (secondary N) is 1. The van der Waals surface area contributed by atoms with Crippen LogP contribution < -0.4 is 5.32 Å². The zero-order chi connectivity index (χ0) is 13.8. The van der Waals surface area contributed by atoms with E-state index in [4.69, 9.17) is 11.6 Å². The third-order valence-corrected chi connectivity index (χ3v) is 3.65. The van der Waals surface area contributed by atoms with Crippen LogP contribution in [-0.4, -0.2) is 12.0 Å². The van der Waals surface area contributed by atoms with Gasteiger partial charge in [0, 0.05) is 29.9 Å². The van der Waals surface area contributed by atoms with Gasteiger partial charge in [0.2, 0.25) is 0 Å². The highest BCUT2D eigenvalue weighted by molar-refractivity contribution is 6.30. The Kier molecular flexibility index (Phi) is 4.51. The largest absolute Gasteiger partial charge is 0.312 e. The van der Waals surface area contributed by atoms with Crippen LogP contribution in [0.2, 0.25) is 5.02 Å². The van der Waals surface area contributed by atoms with Crippen molar-refractivity contribution in [3.05, 3.63) is 64.7 Å². The molecule has 2 atom stereocenters. The summed E-state index contributed by atoms with van der Waals surface area (Å²) in [6, 6.07) is 8.84. The van der Waals surface area contributed by atoms with E-state index in [0.717, 1.165) is 5.56 Å². The Morgan fingerprint density at radius 1 is 1.21 bits per heavy atom. The number of pyridine rings is 1. The highest BCUT2D eigenvalue weighted by Crippen LogP contribution is 2.33. The van der Waals surface area contributed by atoms with Gasteiger partial charge in [0.05, 0.1) is 5.02 Å². The molecule has 100 valence electrons. The van der Waals surface area contributed by atoms with Gasteiger partial charge in [-0.15, -0.1) is 0 Å². The third-order valence-electron chi connectivity index (χ3n) is 3.36. The Morgan fingerprint density at radius 3 is 2.53 bits per heavy atom. The van der Waals surface area contributed by atoms with E-state index in [-0.39, 0.29) is 22.8 Å². The molecule has 0 bridgehead atoms. The molecule has 0 radical (unpaired) electrons. The first-order chi connectivity index (χ1) is 9.15. The average Bonchev–Trinajstić information content (AvgIpc) is 2.45. The standard InChI is InChI=1S/C15H16ClFN2/c1-10(11-6-8-19-9-7-11)15(18-2)12-4-3-5-13(16)14(12)17/h3-10,15,18H,1-2H3. The minimum atomic E-state index is -0.357. The van der Waals surface area contributed by atoms with Crippen LogP contribution >= 0.6 is 11.6 Å². The van der Waals surface area contributed by atoms with E-state index in [1.165, 1.54) is 0 Å². The molecule has 1 heterocycles. The van der Waals surface area contributed by atoms with Crippen molar-refractivity contribution >= 4 is 11.6 Å². The zero-order valence-corrected chi connectivity index (χ0v) is 11.7. The van der Waals surface area contributed by atoms with Crippen LogP contribution in [0.25, 0.3) is 0 Å². The molecule has 1 aromatic heterocycles. The average molecular weight is 279 g/mol. The summed E-state index contributed by atoms with van der Waals surface area (Å²) in [5.41, 5.74) is 1.69. The van der Waals surface area contributed by atoms with Crippen molar-refractivity contribution < 1.29 is 4.39 Å². The summed E-state index contributed by atoms with van der Waals surface area (Å²) in [6.07, 6.45) is 3.49. The zero-order valence-electron chi connectivity index (χ0n) is 10.9. The summed E-state index contributed by atoms with van der Waals surface area (Å²) in [4.78, 5) is 4.00. The molecule has 0 aliphatic heterocycles. The van der Waals surface area contributed by atoms with Crippen LogP contribution in [0.3, 0.4) is 0 Å². The SMILES string of the molecule is CNC(c1cccc(Cl)c1F)C(C)c1ccncc1. The molecule has 1 aromatic carbocycles. The van der Waals surface area contributed by atoms with Gasteiger partial charge >= 0.3 is 0 Å². The van der Waals surface area contributed by atoms with Crippen molar-refractivity contribution in [1.29, 1.82) is 0 Å². The number of likely N-dealkylation sites (N-methyl/N-ethyl adjacent to an activating group) is 1. The summed E-state index contributed by atoms with van der Waals surface area (Å²) in [7, 11) is 1.82. The molecular formula is C15H16ClFN2. The lowest BCUT2D eigenvalue weighted by Crippen LogP contribution is -2.23. The van der Waals surface area contributed by atoms with Crippen molar-refractivity contribution in [3.8, 4) is 0 Å². The Bertz CT molecular complexity index is 545. The van der Waals surface area contributed by atoms with Gasteiger partial charge in [-0.1, -0.05) is 30.7 Å². The van der Waals surface area contributed by atoms with Crippen LogP contribution in [0.15, 0.2) is 42.7 Å². The van der Waals surface area contributed by atoms with Crippen LogP contribution in [0, 0.1) is 5.82 Å². The molecular weight excluding hydrogens is 263 g/mol. The van der Waals surface area contributed by atoms with Gasteiger partial charge in [0.1, 0.15) is 5.82 Å². The molecule has 0 saturated carbocycles. The van der Waals surface area contributed by atoms with Crippen molar-refractivity contribution in [2.75, 3.05) is 7.05 Å². The second-order valence-corrected chi connectivity index (χ2v) is 4.89. The smallest absolute Gasteiger partial charge is 0.146 e. The lowest BCUT2D eigenvalue weighted by Gasteiger charge is -2.25. The summed E-state index contributed by atoms with van der Waals surface area (Å²) in [6.45, 7) is 2.05. The molecule has 2 unspecified atom stereocenters. The molecule has 4 heteroatoms. The molecule has 0 fully saturated rings. The third kappa shape index (κ3) is 2.94. The van der Waals surface area contributed by atoms with Crippen LogP contribution in [0.5, 0.6) is 0 Å². The fourth-order valence-electron chi connectivity index (χ4n) is 2.29. The molecule has 2 rings (SSSR count). The maximum absolute atomic E-state index is 14.1. The number of nitrogens with zero attached hydrogens (tertiary/aromatic N) is 1. The van der Waals surface area contributed by atoms with Gasteiger partial charge in [-0.25, -0.2) is 4.39 Å². The summed E-state index contributed by atoms with van der Waals surface area (Å²) in [5.74, 6) is -0.245. The molecule has 0 saturated heterocycles. The fraction of sp³-hybridized carbons (Fsp3) is 0.267. The number of aromatic nitrogens is 1. The topological polar surface area (TPSA) is 24.9 Å². The van der Waals surface area contributed by atoms with Crippen molar-refractivity contribution in [3.63, 3.8) is 0 Å². The Labute approximate surface area is 117 Å². The lowest BCUT2D eigenvalue weighted by atomic mass is 9.89. The predicted octanol–water partition coefficient (Wildman–Crippen LogP) is 3.94. The first-order valence-corrected chi connectivity index (χ1v) is 6.54. The normalized spacial score (nSPS) is 14.1. The predicted molar refractivity (Wildman–Crippen MR) is 75.9 cm³/mol. The number of hydrogen-bond acceptors (Lipinski definition) is 2. The van der Waals surface area contributed by atoms with Crippen LogP contribution in [-0.2, 0) is 0 Å². The number of benzene rings is 1. The molecule has 2 nitrogen and oxygen atoms in total. The summed E-state index contributed by atoms with van der Waals surface area (Å²) >= 11 is 5.85. The summed E-state index contributed by atoms with van der Waals surface area (Å²) in [5, 5.41) is 3.32. The highest BCUT2D eigenvalue weighted by Gasteiger charge is 2.23. The van der Waals surface area contributed by atoms with Gasteiger partial charge < -0.3 is 5.32 Å². The van der Waals surface area contributed by atoms with E-state index in [1.54, 1.807) is 30.6 Å². The Balaban J connectivity index is 2.37. The fourth-order valence-corrected chi connectivity index (χ4v) is 2.48. The minimum absolute atomic E-state index is 0.112. The van der Waals surface area contributed by atoms with Gasteiger partial charge in [0.25, 0.3) is 0 Å². The number of hydrogen-bond donors (Lipinski definition) is 1. The van der Waals surface area contributed by atoms with E-state index in [0.29, 0.717) is 5.56 Å². The monoisotopic (exact) mass is 278 g/mol. The van der Waals surface area contributed by atoms with Crippen molar-refractivity contribution in [1.82, 2.24) is 10.3 Å². The first kappa shape index (κ1) is 14.0. The minimum Gasteiger partial charge on any atom is -0.312 e. The van der Waals surface area contributed by atoms with E-state index in [2.05, 4.69) is 17.2 Å². The lowest BCUT2D eigenvalue weighted by molar-refractivity contribution is 0.478. The molecule has 1 N–H and O–H groups in total. The van der Waals surface area contributed by atoms with Crippen LogP contribution in [0.1, 0.15) is 30.0 Å². The second kappa shape index (κ2) is 6.13. The van der Waals surface area contributed by atoms with Gasteiger partial charge in [-0.2, -0.15) is 0 Å². The molecule has 0 aliphatic carbocycles. The van der Waals surface area contributed by atoms with Crippen molar-refractivity contribution in [2.45, 2.75) is 18.9 Å². The second-order valence-electron chi connectivity index (χ2n) is 4.48. The Morgan fingerprint density at radius 2 is 1.89 bits per heavy atom. The first-order valence-electron chi connectivity index (χ1n) is 6.16. The van der Waals surface area contributed by atoms with Gasteiger partial charge in [0.15, 0.2) is 0 Å². The molecule has 0 aliphatic rings. The molecule has 0 spiro atoms. The Hall–Kier alpha value is -1.45. The summed E-state index contributed by atoms with van der Waals surface area (Å²) < 4.78 is 14.1. The maximum Gasteiger partial charge on any atom is 0.146 e. The quantitative estimate of drug-likeness (QED) is 0.916.